The van der Waals surface area contributed by atoms with Gasteiger partial charge >= 0.3 is 11.6 Å². The summed E-state index contributed by atoms with van der Waals surface area (Å²) in [6, 6.07) is 13.4. The van der Waals surface area contributed by atoms with E-state index < -0.39 is 23.6 Å². The molecule has 6 heteroatoms. The van der Waals surface area contributed by atoms with Gasteiger partial charge in [0.05, 0.1) is 23.5 Å². The molecule has 0 bridgehead atoms. The largest absolute Gasteiger partial charge is 0.508 e. The third-order valence-corrected chi connectivity index (χ3v) is 4.41. The lowest BCUT2D eigenvalue weighted by molar-refractivity contribution is -0.151. The van der Waals surface area contributed by atoms with Crippen molar-refractivity contribution in [1.29, 1.82) is 0 Å². The molecule has 26 heavy (non-hydrogen) atoms. The highest BCUT2D eigenvalue weighted by Gasteiger charge is 2.45. The number of esters is 1. The molecule has 1 N–H and O–H groups in total. The molecule has 3 aromatic rings. The summed E-state index contributed by atoms with van der Waals surface area (Å²) in [5.41, 5.74) is 0.644. The van der Waals surface area contributed by atoms with E-state index in [1.807, 2.05) is 0 Å². The lowest BCUT2D eigenvalue weighted by atomic mass is 9.88. The van der Waals surface area contributed by atoms with Gasteiger partial charge in [0.1, 0.15) is 17.1 Å². The maximum Gasteiger partial charge on any atom is 0.348 e. The van der Waals surface area contributed by atoms with Crippen molar-refractivity contribution in [1.82, 2.24) is 0 Å². The Morgan fingerprint density at radius 1 is 1.19 bits per heavy atom. The van der Waals surface area contributed by atoms with Crippen molar-refractivity contribution in [3.8, 4) is 11.5 Å². The normalized spacial score (nSPS) is 18.3. The van der Waals surface area contributed by atoms with Crippen molar-refractivity contribution < 1.29 is 23.8 Å². The van der Waals surface area contributed by atoms with E-state index >= 15 is 0 Å². The third-order valence-electron chi connectivity index (χ3n) is 4.41. The minimum atomic E-state index is -1.03. The van der Waals surface area contributed by atoms with Crippen LogP contribution in [0.25, 0.3) is 11.0 Å². The summed E-state index contributed by atoms with van der Waals surface area (Å²) in [6.45, 7) is 1.89. The van der Waals surface area contributed by atoms with E-state index in [0.29, 0.717) is 22.3 Å². The van der Waals surface area contributed by atoms with Crippen molar-refractivity contribution >= 4 is 16.9 Å². The molecule has 0 aliphatic carbocycles. The molecule has 1 aromatic heterocycles. The van der Waals surface area contributed by atoms with Crippen molar-refractivity contribution in [3.05, 3.63) is 70.1 Å². The second-order valence-corrected chi connectivity index (χ2v) is 5.99. The summed E-state index contributed by atoms with van der Waals surface area (Å²) in [7, 11) is 0. The smallest absolute Gasteiger partial charge is 0.348 e. The molecule has 0 saturated heterocycles. The van der Waals surface area contributed by atoms with Crippen LogP contribution in [-0.4, -0.2) is 23.8 Å². The van der Waals surface area contributed by atoms with Crippen LogP contribution in [0.2, 0.25) is 0 Å². The molecule has 132 valence electrons. The Kier molecular flexibility index (Phi) is 3.88. The Labute approximate surface area is 148 Å². The summed E-state index contributed by atoms with van der Waals surface area (Å²) in [5.74, 6) is -0.940. The molecule has 6 nitrogen and oxygen atoms in total. The predicted molar refractivity (Wildman–Crippen MR) is 93.5 cm³/mol. The number of rotatable bonds is 3. The third kappa shape index (κ3) is 2.50. The van der Waals surface area contributed by atoms with E-state index in [0.717, 1.165) is 0 Å². The van der Waals surface area contributed by atoms with Crippen molar-refractivity contribution in [2.24, 2.45) is 0 Å². The number of hydrogen-bond acceptors (Lipinski definition) is 6. The summed E-state index contributed by atoms with van der Waals surface area (Å²) in [5, 5.41) is 10.4. The summed E-state index contributed by atoms with van der Waals surface area (Å²) >= 11 is 0. The van der Waals surface area contributed by atoms with Gasteiger partial charge in [-0.3, -0.25) is 0 Å². The molecule has 0 spiro atoms. The Morgan fingerprint density at radius 3 is 2.77 bits per heavy atom. The number of hydrogen-bond donors (Lipinski definition) is 1. The molecule has 2 atom stereocenters. The van der Waals surface area contributed by atoms with E-state index in [2.05, 4.69) is 0 Å². The van der Waals surface area contributed by atoms with E-state index in [4.69, 9.17) is 13.9 Å². The average Bonchev–Trinajstić information content (AvgIpc) is 3.04. The first-order chi connectivity index (χ1) is 12.6. The molecule has 0 radical (unpaired) electrons. The zero-order valence-electron chi connectivity index (χ0n) is 14.0. The van der Waals surface area contributed by atoms with E-state index in [9.17, 15) is 14.7 Å². The van der Waals surface area contributed by atoms with Crippen LogP contribution in [0.5, 0.6) is 11.5 Å². The summed E-state index contributed by atoms with van der Waals surface area (Å²) < 4.78 is 16.5. The fourth-order valence-corrected chi connectivity index (χ4v) is 3.35. The molecule has 4 rings (SSSR count). The quantitative estimate of drug-likeness (QED) is 0.576. The highest BCUT2D eigenvalue weighted by Crippen LogP contribution is 2.44. The number of ether oxygens (including phenoxy) is 2. The second kappa shape index (κ2) is 6.22. The maximum atomic E-state index is 12.7. The van der Waals surface area contributed by atoms with Crippen LogP contribution < -0.4 is 10.4 Å². The molecule has 1 aliphatic rings. The average molecular weight is 352 g/mol. The molecular weight excluding hydrogens is 336 g/mol. The van der Waals surface area contributed by atoms with Crippen LogP contribution in [0.1, 0.15) is 24.0 Å². The van der Waals surface area contributed by atoms with Gasteiger partial charge in [0.2, 0.25) is 6.10 Å². The van der Waals surface area contributed by atoms with Crippen molar-refractivity contribution in [2.75, 3.05) is 6.61 Å². The summed E-state index contributed by atoms with van der Waals surface area (Å²) in [4.78, 5) is 25.1. The molecule has 2 aromatic carbocycles. The van der Waals surface area contributed by atoms with Gasteiger partial charge in [-0.2, -0.15) is 0 Å². The number of benzene rings is 2. The molecule has 0 saturated carbocycles. The molecule has 2 heterocycles. The van der Waals surface area contributed by atoms with Gasteiger partial charge in [-0.15, -0.1) is 0 Å². The van der Waals surface area contributed by atoms with Gasteiger partial charge in [0, 0.05) is 0 Å². The minimum Gasteiger partial charge on any atom is -0.508 e. The van der Waals surface area contributed by atoms with Crippen molar-refractivity contribution in [2.45, 2.75) is 18.9 Å². The first kappa shape index (κ1) is 16.2. The zero-order chi connectivity index (χ0) is 18.3. The van der Waals surface area contributed by atoms with E-state index in [1.54, 1.807) is 43.3 Å². The van der Waals surface area contributed by atoms with Crippen LogP contribution in [0.4, 0.5) is 0 Å². The van der Waals surface area contributed by atoms with Gasteiger partial charge in [-0.1, -0.05) is 24.3 Å². The second-order valence-electron chi connectivity index (χ2n) is 5.99. The number of fused-ring (bicyclic) bond motifs is 3. The van der Waals surface area contributed by atoms with Crippen LogP contribution in [0.3, 0.4) is 0 Å². The molecule has 0 unspecified atom stereocenters. The topological polar surface area (TPSA) is 86.0 Å². The van der Waals surface area contributed by atoms with Crippen LogP contribution >= 0.6 is 0 Å². The Balaban J connectivity index is 1.96. The fraction of sp³-hybridized carbons (Fsp3) is 0.200. The van der Waals surface area contributed by atoms with Crippen LogP contribution in [0, 0.1) is 0 Å². The minimum absolute atomic E-state index is 0.0312. The molecule has 0 fully saturated rings. The standard InChI is InChI=1S/C20H16O6/c1-2-24-20(23)18-15(11-6-5-7-12(21)10-11)16-17(26-18)13-8-3-4-9-14(13)25-19(16)22/h3-10,15,18,21H,2H2,1H3/t15-,18+/m1/s1. The monoisotopic (exact) mass is 352 g/mol. The van der Waals surface area contributed by atoms with Gasteiger partial charge in [0.25, 0.3) is 0 Å². The Bertz CT molecular complexity index is 1050. The number of phenols is 1. The van der Waals surface area contributed by atoms with Crippen molar-refractivity contribution in [3.63, 3.8) is 0 Å². The van der Waals surface area contributed by atoms with Crippen LogP contribution in [-0.2, 0) is 9.53 Å². The Morgan fingerprint density at radius 2 is 2.00 bits per heavy atom. The van der Waals surface area contributed by atoms with Gasteiger partial charge in [-0.05, 0) is 36.8 Å². The number of carbonyl (C=O) groups is 1. The van der Waals surface area contributed by atoms with Crippen LogP contribution in [0.15, 0.2) is 57.7 Å². The first-order valence-electron chi connectivity index (χ1n) is 8.28. The first-order valence-corrected chi connectivity index (χ1v) is 8.28. The lowest BCUT2D eigenvalue weighted by Crippen LogP contribution is -2.32. The van der Waals surface area contributed by atoms with E-state index in [-0.39, 0.29) is 17.9 Å². The lowest BCUT2D eigenvalue weighted by Gasteiger charge is -2.17. The predicted octanol–water partition coefficient (Wildman–Crippen LogP) is 2.95. The van der Waals surface area contributed by atoms with Gasteiger partial charge in [-0.25, -0.2) is 9.59 Å². The molecular formula is C20H16O6. The SMILES string of the molecule is CCOC(=O)[C@H]1Oc2c(c(=O)oc3ccccc23)[C@H]1c1cccc(O)c1. The highest BCUT2D eigenvalue weighted by molar-refractivity contribution is 5.88. The molecule has 0 amide bonds. The zero-order valence-corrected chi connectivity index (χ0v) is 14.0. The van der Waals surface area contributed by atoms with E-state index in [1.165, 1.54) is 12.1 Å². The van der Waals surface area contributed by atoms with Gasteiger partial charge < -0.3 is 19.0 Å². The highest BCUT2D eigenvalue weighted by atomic mass is 16.6. The Hall–Kier alpha value is -3.28. The number of aromatic hydroxyl groups is 1. The summed E-state index contributed by atoms with van der Waals surface area (Å²) in [6.07, 6.45) is -1.03. The number of para-hydroxylation sites is 1. The maximum absolute atomic E-state index is 12.7. The van der Waals surface area contributed by atoms with Gasteiger partial charge in [0.15, 0.2) is 0 Å². The fourth-order valence-electron chi connectivity index (χ4n) is 3.35. The number of carbonyl (C=O) groups excluding carboxylic acids is 1. The number of phenolic OH excluding ortho intramolecular Hbond substituents is 1. The molecule has 1 aliphatic heterocycles.